The first-order valence-electron chi connectivity index (χ1n) is 5.69. The first kappa shape index (κ1) is 13.1. The Morgan fingerprint density at radius 2 is 2.18 bits per heavy atom. The van der Waals surface area contributed by atoms with Gasteiger partial charge in [-0.05, 0) is 25.5 Å². The molecular formula is C13H15BrO2S. The number of benzene rings is 1. The molecule has 0 radical (unpaired) electrons. The molecule has 1 aromatic carbocycles. The monoisotopic (exact) mass is 314 g/mol. The van der Waals surface area contributed by atoms with Crippen LogP contribution in [0, 0.1) is 0 Å². The van der Waals surface area contributed by atoms with Gasteiger partial charge in [0.15, 0.2) is 5.78 Å². The summed E-state index contributed by atoms with van der Waals surface area (Å²) in [5.41, 5.74) is 0.785. The van der Waals surface area contributed by atoms with Crippen molar-refractivity contribution in [3.8, 4) is 0 Å². The molecular weight excluding hydrogens is 300 g/mol. The Labute approximate surface area is 114 Å². The average Bonchev–Trinajstić information content (AvgIpc) is 2.73. The van der Waals surface area contributed by atoms with E-state index in [1.807, 2.05) is 24.3 Å². The van der Waals surface area contributed by atoms with Gasteiger partial charge in [0.25, 0.3) is 0 Å². The molecule has 0 N–H and O–H groups in total. The third-order valence-corrected chi connectivity index (χ3v) is 4.91. The van der Waals surface area contributed by atoms with Crippen LogP contribution in [0.3, 0.4) is 0 Å². The van der Waals surface area contributed by atoms with Crippen molar-refractivity contribution in [2.24, 2.45) is 0 Å². The predicted molar refractivity (Wildman–Crippen MR) is 74.7 cm³/mol. The molecule has 1 saturated heterocycles. The Hall–Kier alpha value is -0.320. The minimum atomic E-state index is 0.196. The lowest BCUT2D eigenvalue weighted by Gasteiger charge is -2.12. The van der Waals surface area contributed by atoms with Crippen molar-refractivity contribution < 1.29 is 9.53 Å². The normalized spacial score (nSPS) is 23.9. The number of hydrogen-bond donors (Lipinski definition) is 0. The van der Waals surface area contributed by atoms with Gasteiger partial charge in [0.05, 0.1) is 11.9 Å². The summed E-state index contributed by atoms with van der Waals surface area (Å²) < 4.78 is 6.48. The van der Waals surface area contributed by atoms with E-state index >= 15 is 0 Å². The topological polar surface area (TPSA) is 26.3 Å². The molecule has 1 heterocycles. The SMILES string of the molecule is CC1OCCC1SCC(=O)c1ccc(Br)cc1. The zero-order valence-electron chi connectivity index (χ0n) is 9.69. The third kappa shape index (κ3) is 3.57. The van der Waals surface area contributed by atoms with Crippen molar-refractivity contribution in [2.45, 2.75) is 24.7 Å². The van der Waals surface area contributed by atoms with Crippen LogP contribution in [0.2, 0.25) is 0 Å². The van der Waals surface area contributed by atoms with Crippen molar-refractivity contribution >= 4 is 33.5 Å². The second kappa shape index (κ2) is 6.03. The summed E-state index contributed by atoms with van der Waals surface area (Å²) in [6, 6.07) is 7.53. The fourth-order valence-corrected chi connectivity index (χ4v) is 3.24. The van der Waals surface area contributed by atoms with E-state index < -0.39 is 0 Å². The smallest absolute Gasteiger partial charge is 0.172 e. The zero-order chi connectivity index (χ0) is 12.3. The highest BCUT2D eigenvalue weighted by Crippen LogP contribution is 2.26. The van der Waals surface area contributed by atoms with E-state index in [-0.39, 0.29) is 11.9 Å². The van der Waals surface area contributed by atoms with Crippen molar-refractivity contribution in [1.82, 2.24) is 0 Å². The van der Waals surface area contributed by atoms with Crippen molar-refractivity contribution in [3.05, 3.63) is 34.3 Å². The Morgan fingerprint density at radius 3 is 2.76 bits per heavy atom. The number of Topliss-reactive ketones (excluding diaryl/α,β-unsaturated/α-hetero) is 1. The van der Waals surface area contributed by atoms with E-state index in [0.717, 1.165) is 23.1 Å². The molecule has 0 saturated carbocycles. The number of ether oxygens (including phenoxy) is 1. The average molecular weight is 315 g/mol. The van der Waals surface area contributed by atoms with Crippen LogP contribution in [-0.2, 0) is 4.74 Å². The largest absolute Gasteiger partial charge is 0.377 e. The third-order valence-electron chi connectivity index (χ3n) is 2.90. The molecule has 0 amide bonds. The van der Waals surface area contributed by atoms with E-state index in [9.17, 15) is 4.79 Å². The van der Waals surface area contributed by atoms with Gasteiger partial charge in [-0.1, -0.05) is 28.1 Å². The van der Waals surface area contributed by atoms with Crippen LogP contribution >= 0.6 is 27.7 Å². The number of carbonyl (C=O) groups is 1. The summed E-state index contributed by atoms with van der Waals surface area (Å²) in [5, 5.41) is 0.467. The second-order valence-corrected chi connectivity index (χ2v) is 6.29. The van der Waals surface area contributed by atoms with Gasteiger partial charge in [-0.15, -0.1) is 11.8 Å². The molecule has 0 aromatic heterocycles. The molecule has 0 spiro atoms. The van der Waals surface area contributed by atoms with Gasteiger partial charge in [0.2, 0.25) is 0 Å². The predicted octanol–water partition coefficient (Wildman–Crippen LogP) is 3.54. The molecule has 2 unspecified atom stereocenters. The van der Waals surface area contributed by atoms with E-state index in [0.29, 0.717) is 11.0 Å². The first-order chi connectivity index (χ1) is 8.16. The first-order valence-corrected chi connectivity index (χ1v) is 7.53. The Balaban J connectivity index is 1.87. The number of ketones is 1. The number of thioether (sulfide) groups is 1. The van der Waals surface area contributed by atoms with E-state index in [2.05, 4.69) is 22.9 Å². The number of hydrogen-bond acceptors (Lipinski definition) is 3. The summed E-state index contributed by atoms with van der Waals surface area (Å²) >= 11 is 5.08. The van der Waals surface area contributed by atoms with Gasteiger partial charge in [0.1, 0.15) is 0 Å². The molecule has 1 aromatic rings. The summed E-state index contributed by atoms with van der Waals surface area (Å²) in [7, 11) is 0. The molecule has 0 aliphatic carbocycles. The molecule has 2 nitrogen and oxygen atoms in total. The summed E-state index contributed by atoms with van der Waals surface area (Å²) in [6.45, 7) is 2.90. The van der Waals surface area contributed by atoms with Gasteiger partial charge in [-0.25, -0.2) is 0 Å². The zero-order valence-corrected chi connectivity index (χ0v) is 12.1. The standard InChI is InChI=1S/C13H15BrO2S/c1-9-13(6-7-16-9)17-8-12(15)10-2-4-11(14)5-3-10/h2-5,9,13H,6-8H2,1H3. The Bertz CT molecular complexity index is 391. The van der Waals surface area contributed by atoms with E-state index in [1.54, 1.807) is 11.8 Å². The maximum absolute atomic E-state index is 11.9. The van der Waals surface area contributed by atoms with Crippen LogP contribution in [-0.4, -0.2) is 29.5 Å². The Kier molecular flexibility index (Phi) is 4.65. The van der Waals surface area contributed by atoms with Crippen molar-refractivity contribution in [1.29, 1.82) is 0 Å². The second-order valence-electron chi connectivity index (χ2n) is 4.14. The van der Waals surface area contributed by atoms with Crippen LogP contribution in [0.15, 0.2) is 28.7 Å². The quantitative estimate of drug-likeness (QED) is 0.795. The fraction of sp³-hybridized carbons (Fsp3) is 0.462. The highest BCUT2D eigenvalue weighted by atomic mass is 79.9. The van der Waals surface area contributed by atoms with Crippen molar-refractivity contribution in [3.63, 3.8) is 0 Å². The number of halogens is 1. The molecule has 1 fully saturated rings. The highest BCUT2D eigenvalue weighted by molar-refractivity contribution is 9.10. The molecule has 2 rings (SSSR count). The van der Waals surface area contributed by atoms with Crippen molar-refractivity contribution in [2.75, 3.05) is 12.4 Å². The van der Waals surface area contributed by atoms with Gasteiger partial charge in [-0.3, -0.25) is 4.79 Å². The van der Waals surface area contributed by atoms with Gasteiger partial charge in [-0.2, -0.15) is 0 Å². The molecule has 4 heteroatoms. The lowest BCUT2D eigenvalue weighted by atomic mass is 10.2. The summed E-state index contributed by atoms with van der Waals surface area (Å²) in [5.74, 6) is 0.738. The minimum Gasteiger partial charge on any atom is -0.377 e. The highest BCUT2D eigenvalue weighted by Gasteiger charge is 2.25. The van der Waals surface area contributed by atoms with Crippen LogP contribution in [0.25, 0.3) is 0 Å². The molecule has 17 heavy (non-hydrogen) atoms. The Morgan fingerprint density at radius 1 is 1.47 bits per heavy atom. The lowest BCUT2D eigenvalue weighted by Crippen LogP contribution is -2.16. The molecule has 0 bridgehead atoms. The van der Waals surface area contributed by atoms with Gasteiger partial charge < -0.3 is 4.74 Å². The summed E-state index contributed by atoms with van der Waals surface area (Å²) in [6.07, 6.45) is 1.33. The maximum atomic E-state index is 11.9. The number of carbonyl (C=O) groups excluding carboxylic acids is 1. The number of rotatable bonds is 4. The van der Waals surface area contributed by atoms with Gasteiger partial charge >= 0.3 is 0 Å². The fourth-order valence-electron chi connectivity index (χ4n) is 1.83. The molecule has 1 aliphatic heterocycles. The van der Waals surface area contributed by atoms with Crippen LogP contribution in [0.5, 0.6) is 0 Å². The molecule has 2 atom stereocenters. The van der Waals surface area contributed by atoms with Crippen LogP contribution in [0.4, 0.5) is 0 Å². The van der Waals surface area contributed by atoms with E-state index in [1.165, 1.54) is 0 Å². The van der Waals surface area contributed by atoms with Gasteiger partial charge in [0, 0.05) is 21.9 Å². The molecule has 92 valence electrons. The molecule has 1 aliphatic rings. The van der Waals surface area contributed by atoms with Crippen LogP contribution < -0.4 is 0 Å². The van der Waals surface area contributed by atoms with E-state index in [4.69, 9.17) is 4.74 Å². The minimum absolute atomic E-state index is 0.196. The summed E-state index contributed by atoms with van der Waals surface area (Å²) in [4.78, 5) is 11.9. The maximum Gasteiger partial charge on any atom is 0.172 e. The van der Waals surface area contributed by atoms with Crippen LogP contribution in [0.1, 0.15) is 23.7 Å². The lowest BCUT2D eigenvalue weighted by molar-refractivity contribution is 0.102.